The molecule has 0 bridgehead atoms. The second-order valence-corrected chi connectivity index (χ2v) is 6.10. The summed E-state index contributed by atoms with van der Waals surface area (Å²) in [7, 11) is 0. The monoisotopic (exact) mass is 358 g/mol. The van der Waals surface area contributed by atoms with Gasteiger partial charge >= 0.3 is 0 Å². The second-order valence-electron chi connectivity index (χ2n) is 4.73. The highest BCUT2D eigenvalue weighted by molar-refractivity contribution is 9.10. The molecule has 4 nitrogen and oxygen atoms in total. The van der Waals surface area contributed by atoms with Gasteiger partial charge in [0.25, 0.3) is 5.91 Å². The molecule has 0 atom stereocenters. The predicted octanol–water partition coefficient (Wildman–Crippen LogP) is 2.19. The van der Waals surface area contributed by atoms with Crippen LogP contribution in [0.15, 0.2) is 27.6 Å². The van der Waals surface area contributed by atoms with Crippen LogP contribution in [0.4, 0.5) is 0 Å². The smallest absolute Gasteiger partial charge is 0.252 e. The Morgan fingerprint density at radius 2 is 2.15 bits per heavy atom. The number of rotatable bonds is 5. The van der Waals surface area contributed by atoms with Gasteiger partial charge < -0.3 is 10.1 Å². The van der Waals surface area contributed by atoms with Crippen molar-refractivity contribution in [3.63, 3.8) is 0 Å². The minimum Gasteiger partial charge on any atom is -0.379 e. The van der Waals surface area contributed by atoms with Crippen molar-refractivity contribution in [1.82, 2.24) is 10.2 Å². The Balaban J connectivity index is 1.73. The molecule has 0 saturated carbocycles. The Morgan fingerprint density at radius 3 is 2.90 bits per heavy atom. The molecule has 0 radical (unpaired) electrons. The summed E-state index contributed by atoms with van der Waals surface area (Å²) in [5, 5.41) is 2.95. The second kappa shape index (κ2) is 8.02. The lowest BCUT2D eigenvalue weighted by atomic mass is 10.2. The molecule has 1 saturated heterocycles. The van der Waals surface area contributed by atoms with Crippen LogP contribution in [0.5, 0.6) is 0 Å². The van der Waals surface area contributed by atoms with E-state index in [4.69, 9.17) is 4.74 Å². The zero-order valence-corrected chi connectivity index (χ0v) is 13.8. The van der Waals surface area contributed by atoms with E-state index < -0.39 is 0 Å². The van der Waals surface area contributed by atoms with E-state index in [0.717, 1.165) is 48.6 Å². The van der Waals surface area contributed by atoms with E-state index in [0.29, 0.717) is 12.1 Å². The van der Waals surface area contributed by atoms with E-state index in [1.54, 1.807) is 6.07 Å². The van der Waals surface area contributed by atoms with Crippen molar-refractivity contribution in [2.24, 2.45) is 0 Å². The third-order valence-electron chi connectivity index (χ3n) is 3.23. The number of nitrogens with one attached hydrogen (secondary N) is 1. The van der Waals surface area contributed by atoms with Crippen LogP contribution in [0.25, 0.3) is 0 Å². The third kappa shape index (κ3) is 4.77. The first-order valence-corrected chi connectivity index (χ1v) is 7.97. The van der Waals surface area contributed by atoms with Crippen molar-refractivity contribution in [1.29, 1.82) is 0 Å². The number of hydrogen-bond acceptors (Lipinski definition) is 4. The van der Waals surface area contributed by atoms with E-state index in [1.807, 2.05) is 12.1 Å². The van der Waals surface area contributed by atoms with Gasteiger partial charge in [-0.05, 0) is 47.1 Å². The SMILES string of the molecule is O=C(NCCCN1CCOCC1)c1cc(S)ccc1Br. The first-order valence-electron chi connectivity index (χ1n) is 6.73. The zero-order valence-electron chi connectivity index (χ0n) is 11.3. The number of benzene rings is 1. The number of ether oxygens (including phenoxy) is 1. The minimum atomic E-state index is -0.0604. The number of thiol groups is 1. The molecule has 1 fully saturated rings. The fourth-order valence-corrected chi connectivity index (χ4v) is 2.74. The largest absolute Gasteiger partial charge is 0.379 e. The van der Waals surface area contributed by atoms with E-state index in [-0.39, 0.29) is 5.91 Å². The van der Waals surface area contributed by atoms with Gasteiger partial charge in [0.1, 0.15) is 0 Å². The average molecular weight is 359 g/mol. The Morgan fingerprint density at radius 1 is 1.40 bits per heavy atom. The number of carbonyl (C=O) groups excluding carboxylic acids is 1. The lowest BCUT2D eigenvalue weighted by Crippen LogP contribution is -2.38. The maximum Gasteiger partial charge on any atom is 0.252 e. The van der Waals surface area contributed by atoms with E-state index in [2.05, 4.69) is 38.8 Å². The van der Waals surface area contributed by atoms with Crippen LogP contribution in [-0.2, 0) is 4.74 Å². The first-order chi connectivity index (χ1) is 9.66. The lowest BCUT2D eigenvalue weighted by Gasteiger charge is -2.26. The van der Waals surface area contributed by atoms with Crippen LogP contribution in [-0.4, -0.2) is 50.2 Å². The molecular formula is C14H19BrN2O2S. The summed E-state index contributed by atoms with van der Waals surface area (Å²) in [4.78, 5) is 15.2. The summed E-state index contributed by atoms with van der Waals surface area (Å²) in [5.74, 6) is -0.0604. The third-order valence-corrected chi connectivity index (χ3v) is 4.20. The van der Waals surface area contributed by atoms with Crippen molar-refractivity contribution < 1.29 is 9.53 Å². The van der Waals surface area contributed by atoms with Crippen LogP contribution in [0.3, 0.4) is 0 Å². The van der Waals surface area contributed by atoms with Gasteiger partial charge in [-0.3, -0.25) is 9.69 Å². The van der Waals surface area contributed by atoms with Gasteiger partial charge in [0.15, 0.2) is 0 Å². The highest BCUT2D eigenvalue weighted by Crippen LogP contribution is 2.20. The molecule has 20 heavy (non-hydrogen) atoms. The summed E-state index contributed by atoms with van der Waals surface area (Å²) in [6.45, 7) is 5.28. The number of hydrogen-bond donors (Lipinski definition) is 2. The van der Waals surface area contributed by atoms with Crippen LogP contribution in [0, 0.1) is 0 Å². The highest BCUT2D eigenvalue weighted by atomic mass is 79.9. The molecule has 110 valence electrons. The molecular weight excluding hydrogens is 340 g/mol. The molecule has 1 amide bonds. The van der Waals surface area contributed by atoms with Crippen LogP contribution in [0.2, 0.25) is 0 Å². The Kier molecular flexibility index (Phi) is 6.35. The van der Waals surface area contributed by atoms with Crippen molar-refractivity contribution >= 4 is 34.5 Å². The molecule has 1 aromatic rings. The van der Waals surface area contributed by atoms with Crippen molar-refractivity contribution in [2.75, 3.05) is 39.4 Å². The maximum absolute atomic E-state index is 12.1. The van der Waals surface area contributed by atoms with E-state index in [1.165, 1.54) is 0 Å². The minimum absolute atomic E-state index is 0.0604. The summed E-state index contributed by atoms with van der Waals surface area (Å²) in [6, 6.07) is 5.46. The normalized spacial score (nSPS) is 16.1. The lowest BCUT2D eigenvalue weighted by molar-refractivity contribution is 0.0374. The molecule has 1 aliphatic rings. The quantitative estimate of drug-likeness (QED) is 0.626. The Hall–Kier alpha value is -0.560. The molecule has 6 heteroatoms. The summed E-state index contributed by atoms with van der Waals surface area (Å²) >= 11 is 7.64. The van der Waals surface area contributed by atoms with E-state index >= 15 is 0 Å². The van der Waals surface area contributed by atoms with Crippen LogP contribution in [0.1, 0.15) is 16.8 Å². The Labute approximate surface area is 133 Å². The molecule has 0 aliphatic carbocycles. The molecule has 0 unspecified atom stereocenters. The fourth-order valence-electron chi connectivity index (χ4n) is 2.11. The van der Waals surface area contributed by atoms with Gasteiger partial charge in [-0.1, -0.05) is 0 Å². The van der Waals surface area contributed by atoms with Gasteiger partial charge in [0, 0.05) is 29.0 Å². The highest BCUT2D eigenvalue weighted by Gasteiger charge is 2.11. The molecule has 1 N–H and O–H groups in total. The van der Waals surface area contributed by atoms with Crippen molar-refractivity contribution in [2.45, 2.75) is 11.3 Å². The van der Waals surface area contributed by atoms with Gasteiger partial charge in [0.2, 0.25) is 0 Å². The molecule has 2 rings (SSSR count). The van der Waals surface area contributed by atoms with Gasteiger partial charge in [-0.25, -0.2) is 0 Å². The van der Waals surface area contributed by atoms with Gasteiger partial charge in [0.05, 0.1) is 18.8 Å². The van der Waals surface area contributed by atoms with Gasteiger partial charge in [-0.15, -0.1) is 12.6 Å². The van der Waals surface area contributed by atoms with Crippen molar-refractivity contribution in [3.8, 4) is 0 Å². The number of halogens is 1. The van der Waals surface area contributed by atoms with Gasteiger partial charge in [-0.2, -0.15) is 0 Å². The van der Waals surface area contributed by atoms with Crippen molar-refractivity contribution in [3.05, 3.63) is 28.2 Å². The Bertz CT molecular complexity index is 464. The first kappa shape index (κ1) is 15.8. The topological polar surface area (TPSA) is 41.6 Å². The number of carbonyl (C=O) groups is 1. The fraction of sp³-hybridized carbons (Fsp3) is 0.500. The molecule has 1 aliphatic heterocycles. The number of morpholine rings is 1. The molecule has 0 spiro atoms. The number of amides is 1. The summed E-state index contributed by atoms with van der Waals surface area (Å²) in [5.41, 5.74) is 0.629. The van der Waals surface area contributed by atoms with Crippen LogP contribution < -0.4 is 5.32 Å². The van der Waals surface area contributed by atoms with E-state index in [9.17, 15) is 4.79 Å². The average Bonchev–Trinajstić information content (AvgIpc) is 2.47. The molecule has 1 aromatic carbocycles. The predicted molar refractivity (Wildman–Crippen MR) is 85.6 cm³/mol. The molecule has 0 aromatic heterocycles. The zero-order chi connectivity index (χ0) is 14.4. The standard InChI is InChI=1S/C14H19BrN2O2S/c15-13-3-2-11(20)10-12(13)14(18)16-4-1-5-17-6-8-19-9-7-17/h2-3,10,20H,1,4-9H2,(H,16,18). The molecule has 1 heterocycles. The van der Waals surface area contributed by atoms with Crippen LogP contribution >= 0.6 is 28.6 Å². The summed E-state index contributed by atoms with van der Waals surface area (Å²) in [6.07, 6.45) is 0.948. The summed E-state index contributed by atoms with van der Waals surface area (Å²) < 4.78 is 6.10. The number of nitrogens with zero attached hydrogens (tertiary/aromatic N) is 1. The maximum atomic E-state index is 12.1.